The first-order valence-corrected chi connectivity index (χ1v) is 8.16. The van der Waals surface area contributed by atoms with Crippen molar-refractivity contribution in [1.82, 2.24) is 0 Å². The van der Waals surface area contributed by atoms with Crippen LogP contribution < -0.4 is 0 Å². The van der Waals surface area contributed by atoms with Crippen LogP contribution >= 0.6 is 0 Å². The van der Waals surface area contributed by atoms with Crippen LogP contribution in [0.5, 0.6) is 0 Å². The van der Waals surface area contributed by atoms with Gasteiger partial charge in [-0.05, 0) is 25.7 Å². The third kappa shape index (κ3) is 4.44. The maximum atomic E-state index is 6.02. The maximum absolute atomic E-state index is 6.02. The van der Waals surface area contributed by atoms with E-state index < -0.39 is 0 Å². The number of hydrogen-bond donors (Lipinski definition) is 0. The van der Waals surface area contributed by atoms with Gasteiger partial charge in [0, 0.05) is 25.0 Å². The molecule has 19 heavy (non-hydrogen) atoms. The summed E-state index contributed by atoms with van der Waals surface area (Å²) in [4.78, 5) is 0. The Balaban J connectivity index is 1.66. The fourth-order valence-corrected chi connectivity index (χ4v) is 3.12. The average Bonchev–Trinajstić information content (AvgIpc) is 2.24. The van der Waals surface area contributed by atoms with Gasteiger partial charge in [-0.1, -0.05) is 26.7 Å². The number of ether oxygens (including phenoxy) is 3. The molecule has 0 radical (unpaired) electrons. The van der Waals surface area contributed by atoms with Gasteiger partial charge in [-0.25, -0.2) is 0 Å². The Morgan fingerprint density at radius 1 is 0.895 bits per heavy atom. The molecule has 112 valence electrons. The van der Waals surface area contributed by atoms with E-state index in [9.17, 15) is 0 Å². The van der Waals surface area contributed by atoms with Gasteiger partial charge in [-0.2, -0.15) is 0 Å². The summed E-state index contributed by atoms with van der Waals surface area (Å²) in [5.41, 5.74) is 0. The molecule has 2 rings (SSSR count). The minimum absolute atomic E-state index is 0.463. The fourth-order valence-electron chi connectivity index (χ4n) is 3.12. The van der Waals surface area contributed by atoms with Crippen molar-refractivity contribution >= 4 is 0 Å². The largest absolute Gasteiger partial charge is 0.381 e. The van der Waals surface area contributed by atoms with E-state index in [4.69, 9.17) is 14.2 Å². The van der Waals surface area contributed by atoms with Crippen molar-refractivity contribution in [2.75, 3.05) is 26.4 Å². The summed E-state index contributed by atoms with van der Waals surface area (Å²) in [5, 5.41) is 0. The second kappa shape index (κ2) is 8.23. The molecule has 0 aromatic heterocycles. The highest BCUT2D eigenvalue weighted by Gasteiger charge is 2.30. The van der Waals surface area contributed by atoms with Gasteiger partial charge in [0.15, 0.2) is 0 Å². The van der Waals surface area contributed by atoms with Crippen molar-refractivity contribution in [2.45, 2.75) is 64.6 Å². The van der Waals surface area contributed by atoms with Crippen LogP contribution in [0.25, 0.3) is 0 Å². The third-order valence-corrected chi connectivity index (χ3v) is 4.50. The molecule has 0 saturated carbocycles. The molecule has 3 heteroatoms. The van der Waals surface area contributed by atoms with Gasteiger partial charge in [0.2, 0.25) is 0 Å². The lowest BCUT2D eigenvalue weighted by atomic mass is 9.92. The van der Waals surface area contributed by atoms with Crippen molar-refractivity contribution < 1.29 is 14.2 Å². The van der Waals surface area contributed by atoms with E-state index in [0.717, 1.165) is 26.4 Å². The predicted octanol–water partition coefficient (Wildman–Crippen LogP) is 3.41. The quantitative estimate of drug-likeness (QED) is 0.609. The Morgan fingerprint density at radius 2 is 1.32 bits per heavy atom. The molecule has 0 bridgehead atoms. The van der Waals surface area contributed by atoms with Gasteiger partial charge >= 0.3 is 0 Å². The van der Waals surface area contributed by atoms with Crippen molar-refractivity contribution in [1.29, 1.82) is 0 Å². The lowest BCUT2D eigenvalue weighted by Crippen LogP contribution is -2.39. The predicted molar refractivity (Wildman–Crippen MR) is 76.3 cm³/mol. The second-order valence-corrected chi connectivity index (χ2v) is 6.03. The summed E-state index contributed by atoms with van der Waals surface area (Å²) in [7, 11) is 0. The molecular formula is C16H30O3. The van der Waals surface area contributed by atoms with Gasteiger partial charge in [0.1, 0.15) is 0 Å². The van der Waals surface area contributed by atoms with E-state index in [-0.39, 0.29) is 0 Å². The smallest absolute Gasteiger partial charge is 0.0647 e. The Hall–Kier alpha value is -0.120. The second-order valence-electron chi connectivity index (χ2n) is 6.03. The highest BCUT2D eigenvalue weighted by Crippen LogP contribution is 2.27. The van der Waals surface area contributed by atoms with Crippen LogP contribution in [-0.4, -0.2) is 38.6 Å². The van der Waals surface area contributed by atoms with Crippen LogP contribution in [0.1, 0.15) is 52.4 Å². The van der Waals surface area contributed by atoms with E-state index >= 15 is 0 Å². The van der Waals surface area contributed by atoms with E-state index in [0.29, 0.717) is 24.0 Å². The zero-order chi connectivity index (χ0) is 13.5. The molecule has 2 aliphatic rings. The minimum Gasteiger partial charge on any atom is -0.381 e. The number of rotatable bonds is 10. The van der Waals surface area contributed by atoms with E-state index in [1.165, 1.54) is 38.5 Å². The SMILES string of the molecule is CCCC(COCC(CCC)C1CCO1)C1CCO1. The highest BCUT2D eigenvalue weighted by molar-refractivity contribution is 4.78. The zero-order valence-corrected chi connectivity index (χ0v) is 12.6. The molecule has 2 fully saturated rings. The van der Waals surface area contributed by atoms with E-state index in [1.54, 1.807) is 0 Å². The lowest BCUT2D eigenvalue weighted by molar-refractivity contribution is -0.124. The van der Waals surface area contributed by atoms with Crippen LogP contribution in [0.15, 0.2) is 0 Å². The van der Waals surface area contributed by atoms with Gasteiger partial charge in [-0.15, -0.1) is 0 Å². The van der Waals surface area contributed by atoms with Crippen LogP contribution in [0.4, 0.5) is 0 Å². The Morgan fingerprint density at radius 3 is 1.58 bits per heavy atom. The molecule has 0 N–H and O–H groups in total. The lowest BCUT2D eigenvalue weighted by Gasteiger charge is -2.36. The molecule has 2 saturated heterocycles. The summed E-state index contributed by atoms with van der Waals surface area (Å²) in [5.74, 6) is 1.20. The molecule has 0 amide bonds. The monoisotopic (exact) mass is 270 g/mol. The first kappa shape index (κ1) is 15.3. The summed E-state index contributed by atoms with van der Waals surface area (Å²) in [6.07, 6.45) is 8.26. The third-order valence-electron chi connectivity index (χ3n) is 4.50. The molecule has 0 aromatic carbocycles. The highest BCUT2D eigenvalue weighted by atomic mass is 16.5. The Labute approximate surface area is 118 Å². The standard InChI is InChI=1S/C16H30O3/c1-3-5-13(15-7-9-18-15)11-17-12-14(6-4-2)16-8-10-19-16/h13-16H,3-12H2,1-2H3. The van der Waals surface area contributed by atoms with Gasteiger partial charge < -0.3 is 14.2 Å². The van der Waals surface area contributed by atoms with Crippen LogP contribution in [-0.2, 0) is 14.2 Å². The van der Waals surface area contributed by atoms with Crippen LogP contribution in [0.3, 0.4) is 0 Å². The average molecular weight is 270 g/mol. The Bertz CT molecular complexity index is 212. The molecule has 0 spiro atoms. The summed E-state index contributed by atoms with van der Waals surface area (Å²) < 4.78 is 17.3. The molecular weight excluding hydrogens is 240 g/mol. The van der Waals surface area contributed by atoms with Crippen molar-refractivity contribution in [2.24, 2.45) is 11.8 Å². The Kier molecular flexibility index (Phi) is 6.62. The molecule has 2 heterocycles. The van der Waals surface area contributed by atoms with Gasteiger partial charge in [-0.3, -0.25) is 0 Å². The molecule has 4 atom stereocenters. The van der Waals surface area contributed by atoms with Crippen molar-refractivity contribution in [3.05, 3.63) is 0 Å². The van der Waals surface area contributed by atoms with Crippen LogP contribution in [0, 0.1) is 11.8 Å². The molecule has 4 unspecified atom stereocenters. The molecule has 2 aliphatic heterocycles. The first-order valence-electron chi connectivity index (χ1n) is 8.16. The fraction of sp³-hybridized carbons (Fsp3) is 1.00. The minimum atomic E-state index is 0.463. The van der Waals surface area contributed by atoms with Crippen molar-refractivity contribution in [3.8, 4) is 0 Å². The van der Waals surface area contributed by atoms with E-state index in [1.807, 2.05) is 0 Å². The topological polar surface area (TPSA) is 27.7 Å². The first-order chi connectivity index (χ1) is 9.35. The summed E-state index contributed by atoms with van der Waals surface area (Å²) in [6, 6.07) is 0. The molecule has 0 aromatic rings. The maximum Gasteiger partial charge on any atom is 0.0647 e. The zero-order valence-electron chi connectivity index (χ0n) is 12.6. The summed E-state index contributed by atoms with van der Waals surface area (Å²) in [6.45, 7) is 8.11. The van der Waals surface area contributed by atoms with Gasteiger partial charge in [0.05, 0.1) is 25.4 Å². The van der Waals surface area contributed by atoms with Crippen molar-refractivity contribution in [3.63, 3.8) is 0 Å². The number of hydrogen-bond acceptors (Lipinski definition) is 3. The van der Waals surface area contributed by atoms with E-state index in [2.05, 4.69) is 13.8 Å². The van der Waals surface area contributed by atoms with Gasteiger partial charge in [0.25, 0.3) is 0 Å². The molecule has 3 nitrogen and oxygen atoms in total. The van der Waals surface area contributed by atoms with Crippen LogP contribution in [0.2, 0.25) is 0 Å². The molecule has 0 aliphatic carbocycles. The normalized spacial score (nSPS) is 29.4. The summed E-state index contributed by atoms with van der Waals surface area (Å²) >= 11 is 0.